The first-order valence-corrected chi connectivity index (χ1v) is 10.5. The van der Waals surface area contributed by atoms with Crippen LogP contribution in [0.15, 0.2) is 78.9 Å². The van der Waals surface area contributed by atoms with E-state index < -0.39 is 0 Å². The second-order valence-electron chi connectivity index (χ2n) is 8.08. The Bertz CT molecular complexity index is 913. The monoisotopic (exact) mass is 386 g/mol. The van der Waals surface area contributed by atoms with Crippen molar-refractivity contribution in [2.45, 2.75) is 37.1 Å². The molecule has 0 aliphatic heterocycles. The van der Waals surface area contributed by atoms with Gasteiger partial charge >= 0.3 is 0 Å². The number of rotatable bonds is 6. The highest BCUT2D eigenvalue weighted by atomic mass is 16.5. The normalized spacial score (nSPS) is 21.5. The Morgan fingerprint density at radius 3 is 2.24 bits per heavy atom. The van der Waals surface area contributed by atoms with Crippen molar-refractivity contribution in [3.8, 4) is 16.9 Å². The predicted molar refractivity (Wildman–Crippen MR) is 121 cm³/mol. The van der Waals surface area contributed by atoms with Gasteiger partial charge in [-0.3, -0.25) is 0 Å². The fraction of sp³-hybridized carbons (Fsp3) is 0.308. The van der Waals surface area contributed by atoms with Crippen LogP contribution >= 0.6 is 0 Å². The first-order valence-electron chi connectivity index (χ1n) is 10.5. The maximum Gasteiger partial charge on any atom is 0.119 e. The van der Waals surface area contributed by atoms with Gasteiger partial charge in [-0.2, -0.15) is 0 Å². The largest absolute Gasteiger partial charge is 0.497 e. The molecule has 0 heterocycles. The first-order chi connectivity index (χ1) is 14.2. The van der Waals surface area contributed by atoms with Crippen molar-refractivity contribution in [3.05, 3.63) is 84.4 Å². The summed E-state index contributed by atoms with van der Waals surface area (Å²) >= 11 is 0. The van der Waals surface area contributed by atoms with Crippen molar-refractivity contribution in [1.82, 2.24) is 0 Å². The van der Waals surface area contributed by atoms with Gasteiger partial charge in [-0.1, -0.05) is 54.6 Å². The lowest BCUT2D eigenvalue weighted by Crippen LogP contribution is -2.41. The van der Waals surface area contributed by atoms with E-state index in [2.05, 4.69) is 78.1 Å². The molecule has 0 atom stereocenters. The molecule has 1 aliphatic rings. The lowest BCUT2D eigenvalue weighted by Gasteiger charge is -2.40. The molecule has 1 aliphatic carbocycles. The van der Waals surface area contributed by atoms with Crippen LogP contribution in [0, 0.1) is 0 Å². The summed E-state index contributed by atoms with van der Waals surface area (Å²) in [5.41, 5.74) is 11.3. The van der Waals surface area contributed by atoms with Gasteiger partial charge in [0, 0.05) is 23.7 Å². The molecule has 0 radical (unpaired) electrons. The summed E-state index contributed by atoms with van der Waals surface area (Å²) in [6.07, 6.45) is 4.43. The zero-order valence-corrected chi connectivity index (χ0v) is 17.1. The van der Waals surface area contributed by atoms with Crippen molar-refractivity contribution < 1.29 is 4.74 Å². The molecule has 3 aromatic rings. The summed E-state index contributed by atoms with van der Waals surface area (Å²) < 4.78 is 5.42. The van der Waals surface area contributed by atoms with Crippen molar-refractivity contribution in [1.29, 1.82) is 0 Å². The van der Waals surface area contributed by atoms with Gasteiger partial charge in [0.25, 0.3) is 0 Å². The number of methoxy groups -OCH3 is 1. The van der Waals surface area contributed by atoms with Crippen LogP contribution < -0.4 is 15.8 Å². The van der Waals surface area contributed by atoms with Crippen LogP contribution in [0.1, 0.15) is 31.2 Å². The van der Waals surface area contributed by atoms with Crippen LogP contribution in [0.2, 0.25) is 0 Å². The Kier molecular flexibility index (Phi) is 5.86. The van der Waals surface area contributed by atoms with Crippen LogP contribution in [0.4, 0.5) is 5.69 Å². The highest BCUT2D eigenvalue weighted by molar-refractivity contribution is 5.66. The SMILES string of the molecule is COc1cccc(C2(CN)CCC(Nc3ccc(-c4ccccc4)cc3)CC2)c1. The van der Waals surface area contributed by atoms with Crippen molar-refractivity contribution >= 4 is 5.69 Å². The van der Waals surface area contributed by atoms with Gasteiger partial charge in [-0.05, 0) is 66.6 Å². The van der Waals surface area contributed by atoms with E-state index >= 15 is 0 Å². The van der Waals surface area contributed by atoms with E-state index in [0.29, 0.717) is 12.6 Å². The smallest absolute Gasteiger partial charge is 0.119 e. The average Bonchev–Trinajstić information content (AvgIpc) is 2.81. The molecule has 0 amide bonds. The number of benzene rings is 3. The topological polar surface area (TPSA) is 47.3 Å². The number of nitrogens with two attached hydrogens (primary N) is 1. The predicted octanol–water partition coefficient (Wildman–Crippen LogP) is 5.61. The maximum atomic E-state index is 6.27. The Balaban J connectivity index is 1.40. The van der Waals surface area contributed by atoms with Gasteiger partial charge in [0.2, 0.25) is 0 Å². The summed E-state index contributed by atoms with van der Waals surface area (Å²) in [5.74, 6) is 0.911. The third-order valence-electron chi connectivity index (χ3n) is 6.38. The Morgan fingerprint density at radius 2 is 1.59 bits per heavy atom. The fourth-order valence-electron chi connectivity index (χ4n) is 4.50. The minimum absolute atomic E-state index is 0.0594. The van der Waals surface area contributed by atoms with Gasteiger partial charge in [-0.25, -0.2) is 0 Å². The molecule has 0 aromatic heterocycles. The summed E-state index contributed by atoms with van der Waals surface area (Å²) in [7, 11) is 1.72. The average molecular weight is 387 g/mol. The molecular formula is C26H30N2O. The number of ether oxygens (including phenoxy) is 1. The molecule has 1 saturated carbocycles. The standard InChI is InChI=1S/C26H30N2O/c1-29-25-9-5-8-22(18-25)26(19-27)16-14-24(15-17-26)28-23-12-10-21(11-13-23)20-6-3-2-4-7-20/h2-13,18,24,28H,14-17,19,27H2,1H3. The van der Waals surface area contributed by atoms with E-state index in [0.717, 1.165) is 31.4 Å². The maximum absolute atomic E-state index is 6.27. The second-order valence-corrected chi connectivity index (χ2v) is 8.08. The van der Waals surface area contributed by atoms with E-state index in [1.54, 1.807) is 7.11 Å². The van der Waals surface area contributed by atoms with E-state index in [4.69, 9.17) is 10.5 Å². The summed E-state index contributed by atoms with van der Waals surface area (Å²) in [5, 5.41) is 3.73. The van der Waals surface area contributed by atoms with Gasteiger partial charge in [0.1, 0.15) is 5.75 Å². The van der Waals surface area contributed by atoms with Crippen LogP contribution in [0.25, 0.3) is 11.1 Å². The Morgan fingerprint density at radius 1 is 0.897 bits per heavy atom. The molecule has 0 spiro atoms. The van der Waals surface area contributed by atoms with Crippen molar-refractivity contribution in [2.75, 3.05) is 19.0 Å². The number of hydrogen-bond acceptors (Lipinski definition) is 3. The van der Waals surface area contributed by atoms with Crippen molar-refractivity contribution in [3.63, 3.8) is 0 Å². The van der Waals surface area contributed by atoms with Crippen molar-refractivity contribution in [2.24, 2.45) is 5.73 Å². The molecule has 0 unspecified atom stereocenters. The van der Waals surface area contributed by atoms with Gasteiger partial charge in [-0.15, -0.1) is 0 Å². The number of nitrogens with one attached hydrogen (secondary N) is 1. The quantitative estimate of drug-likeness (QED) is 0.578. The molecule has 3 heteroatoms. The summed E-state index contributed by atoms with van der Waals surface area (Å²) in [6, 6.07) is 28.2. The minimum atomic E-state index is 0.0594. The van der Waals surface area contributed by atoms with Gasteiger partial charge in [0.05, 0.1) is 7.11 Å². The van der Waals surface area contributed by atoms with Gasteiger partial charge in [0.15, 0.2) is 0 Å². The Labute approximate surface area is 173 Å². The molecule has 3 nitrogen and oxygen atoms in total. The van der Waals surface area contributed by atoms with Crippen LogP contribution in [0.5, 0.6) is 5.75 Å². The fourth-order valence-corrected chi connectivity index (χ4v) is 4.50. The molecule has 4 rings (SSSR count). The summed E-state index contributed by atoms with van der Waals surface area (Å²) in [6.45, 7) is 0.679. The van der Waals surface area contributed by atoms with E-state index in [1.807, 2.05) is 6.07 Å². The molecule has 0 saturated heterocycles. The molecular weight excluding hydrogens is 356 g/mol. The first kappa shape index (κ1) is 19.5. The summed E-state index contributed by atoms with van der Waals surface area (Å²) in [4.78, 5) is 0. The molecule has 150 valence electrons. The minimum Gasteiger partial charge on any atom is -0.497 e. The highest BCUT2D eigenvalue weighted by Crippen LogP contribution is 2.40. The van der Waals surface area contributed by atoms with Gasteiger partial charge < -0.3 is 15.8 Å². The number of anilines is 1. The Hall–Kier alpha value is -2.78. The van der Waals surface area contributed by atoms with E-state index in [-0.39, 0.29) is 5.41 Å². The van der Waals surface area contributed by atoms with Crippen LogP contribution in [-0.4, -0.2) is 19.7 Å². The highest BCUT2D eigenvalue weighted by Gasteiger charge is 2.36. The molecule has 29 heavy (non-hydrogen) atoms. The third-order valence-corrected chi connectivity index (χ3v) is 6.38. The van der Waals surface area contributed by atoms with Crippen LogP contribution in [-0.2, 0) is 5.41 Å². The van der Waals surface area contributed by atoms with E-state index in [1.165, 1.54) is 22.4 Å². The second kappa shape index (κ2) is 8.71. The number of hydrogen-bond donors (Lipinski definition) is 2. The third kappa shape index (κ3) is 4.30. The molecule has 3 aromatic carbocycles. The zero-order chi connectivity index (χ0) is 20.1. The lowest BCUT2D eigenvalue weighted by atomic mass is 9.68. The molecule has 1 fully saturated rings. The molecule has 0 bridgehead atoms. The van der Waals surface area contributed by atoms with Crippen LogP contribution in [0.3, 0.4) is 0 Å². The zero-order valence-electron chi connectivity index (χ0n) is 17.1. The van der Waals surface area contributed by atoms with E-state index in [9.17, 15) is 0 Å². The lowest BCUT2D eigenvalue weighted by molar-refractivity contribution is 0.284. The molecule has 3 N–H and O–H groups in total.